The molecule has 1 saturated heterocycles. The Labute approximate surface area is 188 Å². The van der Waals surface area contributed by atoms with Crippen molar-refractivity contribution in [2.75, 3.05) is 26.2 Å². The van der Waals surface area contributed by atoms with Gasteiger partial charge in [-0.25, -0.2) is 0 Å². The molecule has 0 bridgehead atoms. The summed E-state index contributed by atoms with van der Waals surface area (Å²) in [5.74, 6) is 0.364. The summed E-state index contributed by atoms with van der Waals surface area (Å²) in [5.41, 5.74) is 1.64. The van der Waals surface area contributed by atoms with Crippen LogP contribution in [0.25, 0.3) is 0 Å². The van der Waals surface area contributed by atoms with Crippen molar-refractivity contribution in [3.63, 3.8) is 0 Å². The van der Waals surface area contributed by atoms with Crippen LogP contribution < -0.4 is 10.6 Å². The Balaban J connectivity index is 1.21. The van der Waals surface area contributed by atoms with Crippen molar-refractivity contribution in [1.29, 1.82) is 0 Å². The van der Waals surface area contributed by atoms with E-state index in [-0.39, 0.29) is 35.6 Å². The number of nitrogens with one attached hydrogen (secondary N) is 2. The summed E-state index contributed by atoms with van der Waals surface area (Å²) in [5, 5.41) is 6.45. The monoisotopic (exact) mass is 443 g/mol. The van der Waals surface area contributed by atoms with Gasteiger partial charge in [-0.15, -0.1) is 0 Å². The van der Waals surface area contributed by atoms with E-state index < -0.39 is 0 Å². The zero-order valence-electron chi connectivity index (χ0n) is 18.0. The van der Waals surface area contributed by atoms with Gasteiger partial charge in [-0.05, 0) is 62.4 Å². The molecule has 1 aliphatic carbocycles. The first-order valence-electron chi connectivity index (χ1n) is 11.1. The number of benzene rings is 1. The fourth-order valence-electron chi connectivity index (χ4n) is 4.69. The number of carbonyl (C=O) groups is 2. The van der Waals surface area contributed by atoms with E-state index in [4.69, 9.17) is 16.0 Å². The van der Waals surface area contributed by atoms with Gasteiger partial charge >= 0.3 is 0 Å². The van der Waals surface area contributed by atoms with E-state index in [0.29, 0.717) is 5.76 Å². The molecule has 4 rings (SSSR count). The van der Waals surface area contributed by atoms with Crippen LogP contribution in [0.2, 0.25) is 5.02 Å². The number of carbonyl (C=O) groups excluding carboxylic acids is 2. The van der Waals surface area contributed by atoms with E-state index in [0.717, 1.165) is 37.5 Å². The molecule has 2 fully saturated rings. The Morgan fingerprint density at radius 2 is 1.84 bits per heavy atom. The highest BCUT2D eigenvalue weighted by atomic mass is 35.5. The Morgan fingerprint density at radius 1 is 1.13 bits per heavy atom. The first-order valence-corrected chi connectivity index (χ1v) is 11.4. The third kappa shape index (κ3) is 5.31. The van der Waals surface area contributed by atoms with Crippen LogP contribution >= 0.6 is 11.6 Å². The fraction of sp³-hybridized carbons (Fsp3) is 0.500. The van der Waals surface area contributed by atoms with Crippen molar-refractivity contribution in [2.24, 2.45) is 0 Å². The quantitative estimate of drug-likeness (QED) is 0.684. The van der Waals surface area contributed by atoms with Crippen LogP contribution in [0.4, 0.5) is 0 Å². The molecule has 2 amide bonds. The van der Waals surface area contributed by atoms with Gasteiger partial charge in [0.2, 0.25) is 5.91 Å². The van der Waals surface area contributed by atoms with Crippen molar-refractivity contribution in [1.82, 2.24) is 15.5 Å². The summed E-state index contributed by atoms with van der Waals surface area (Å²) in [6, 6.07) is 11.8. The Bertz CT molecular complexity index is 912. The molecule has 6 nitrogen and oxygen atoms in total. The molecule has 31 heavy (non-hydrogen) atoms. The van der Waals surface area contributed by atoms with Crippen LogP contribution in [0.5, 0.6) is 0 Å². The lowest BCUT2D eigenvalue weighted by Crippen LogP contribution is -2.51. The van der Waals surface area contributed by atoms with Gasteiger partial charge in [0.25, 0.3) is 5.91 Å². The standard InChI is InChI=1S/C24H30ClN3O3/c1-17-3-8-21(31-17)23(30)26-15-22(29)27-20-9-13-28(14-10-20)16-24(11-2-12-24)18-4-6-19(25)7-5-18/h3-8,20H,2,9-16H2,1H3,(H,26,30)(H,27,29). The fourth-order valence-corrected chi connectivity index (χ4v) is 4.82. The topological polar surface area (TPSA) is 74.6 Å². The van der Waals surface area contributed by atoms with Gasteiger partial charge in [-0.3, -0.25) is 9.59 Å². The lowest BCUT2D eigenvalue weighted by Gasteiger charge is -2.47. The van der Waals surface area contributed by atoms with Gasteiger partial charge in [0, 0.05) is 36.1 Å². The van der Waals surface area contributed by atoms with E-state index in [1.54, 1.807) is 19.1 Å². The first kappa shape index (κ1) is 21.9. The average molecular weight is 444 g/mol. The number of aryl methyl sites for hydroxylation is 1. The van der Waals surface area contributed by atoms with Gasteiger partial charge < -0.3 is 20.0 Å². The third-order valence-corrected chi connectivity index (χ3v) is 6.87. The van der Waals surface area contributed by atoms with Crippen molar-refractivity contribution >= 4 is 23.4 Å². The molecule has 0 radical (unpaired) electrons. The number of hydrogen-bond acceptors (Lipinski definition) is 4. The summed E-state index contributed by atoms with van der Waals surface area (Å²) >= 11 is 6.07. The largest absolute Gasteiger partial charge is 0.456 e. The smallest absolute Gasteiger partial charge is 0.287 e. The molecule has 2 N–H and O–H groups in total. The SMILES string of the molecule is Cc1ccc(C(=O)NCC(=O)NC2CCN(CC3(c4ccc(Cl)cc4)CCC3)CC2)o1. The molecule has 0 spiro atoms. The van der Waals surface area contributed by atoms with Crippen LogP contribution in [-0.2, 0) is 10.2 Å². The highest BCUT2D eigenvalue weighted by Crippen LogP contribution is 2.44. The summed E-state index contributed by atoms with van der Waals surface area (Å²) < 4.78 is 5.28. The molecule has 7 heteroatoms. The summed E-state index contributed by atoms with van der Waals surface area (Å²) in [6.45, 7) is 4.74. The van der Waals surface area contributed by atoms with E-state index in [1.165, 1.54) is 24.8 Å². The molecule has 0 atom stereocenters. The van der Waals surface area contributed by atoms with Crippen molar-refractivity contribution in [2.45, 2.75) is 50.5 Å². The number of likely N-dealkylation sites (tertiary alicyclic amines) is 1. The van der Waals surface area contributed by atoms with Crippen molar-refractivity contribution in [3.8, 4) is 0 Å². The number of halogens is 1. The van der Waals surface area contributed by atoms with Gasteiger partial charge in [0.15, 0.2) is 5.76 Å². The lowest BCUT2D eigenvalue weighted by atomic mass is 9.64. The second-order valence-corrected chi connectivity index (χ2v) is 9.29. The molecule has 2 aromatic rings. The normalized spacial score (nSPS) is 18.9. The van der Waals surface area contributed by atoms with Crippen LogP contribution in [-0.4, -0.2) is 48.9 Å². The van der Waals surface area contributed by atoms with Gasteiger partial charge in [-0.1, -0.05) is 30.2 Å². The van der Waals surface area contributed by atoms with Gasteiger partial charge in [0.05, 0.1) is 6.54 Å². The number of amides is 2. The maximum atomic E-state index is 12.2. The molecule has 2 aliphatic rings. The molecule has 1 saturated carbocycles. The average Bonchev–Trinajstić information content (AvgIpc) is 3.17. The molecule has 1 aliphatic heterocycles. The maximum absolute atomic E-state index is 12.2. The minimum Gasteiger partial charge on any atom is -0.456 e. The van der Waals surface area contributed by atoms with E-state index in [9.17, 15) is 9.59 Å². The minimum absolute atomic E-state index is 0.0432. The number of hydrogen-bond donors (Lipinski definition) is 2. The summed E-state index contributed by atoms with van der Waals surface area (Å²) in [6.07, 6.45) is 5.57. The zero-order valence-corrected chi connectivity index (χ0v) is 18.7. The van der Waals surface area contributed by atoms with Crippen molar-refractivity contribution in [3.05, 3.63) is 58.5 Å². The van der Waals surface area contributed by atoms with Crippen LogP contribution in [0.15, 0.2) is 40.8 Å². The zero-order chi connectivity index (χ0) is 21.8. The lowest BCUT2D eigenvalue weighted by molar-refractivity contribution is -0.121. The molecule has 1 aromatic heterocycles. The molecule has 1 aromatic carbocycles. The van der Waals surface area contributed by atoms with Crippen LogP contribution in [0, 0.1) is 6.92 Å². The predicted octanol–water partition coefficient (Wildman–Crippen LogP) is 3.67. The Morgan fingerprint density at radius 3 is 2.42 bits per heavy atom. The molecule has 166 valence electrons. The number of rotatable bonds is 7. The predicted molar refractivity (Wildman–Crippen MR) is 120 cm³/mol. The summed E-state index contributed by atoms with van der Waals surface area (Å²) in [4.78, 5) is 26.8. The van der Waals surface area contributed by atoms with Gasteiger partial charge in [-0.2, -0.15) is 0 Å². The van der Waals surface area contributed by atoms with E-state index >= 15 is 0 Å². The van der Waals surface area contributed by atoms with Gasteiger partial charge in [0.1, 0.15) is 5.76 Å². The minimum atomic E-state index is -0.369. The van der Waals surface area contributed by atoms with Crippen LogP contribution in [0.3, 0.4) is 0 Å². The number of piperidine rings is 1. The number of nitrogens with zero attached hydrogens (tertiary/aromatic N) is 1. The van der Waals surface area contributed by atoms with Crippen molar-refractivity contribution < 1.29 is 14.0 Å². The van der Waals surface area contributed by atoms with Crippen LogP contribution in [0.1, 0.15) is 54.0 Å². The first-order chi connectivity index (χ1) is 14.9. The Kier molecular flexibility index (Phi) is 6.68. The summed E-state index contributed by atoms with van der Waals surface area (Å²) in [7, 11) is 0. The molecule has 0 unspecified atom stereocenters. The molecular formula is C24H30ClN3O3. The molecular weight excluding hydrogens is 414 g/mol. The van der Waals surface area contributed by atoms with E-state index in [1.807, 2.05) is 12.1 Å². The Hall–Kier alpha value is -2.31. The third-order valence-electron chi connectivity index (χ3n) is 6.62. The van der Waals surface area contributed by atoms with E-state index in [2.05, 4.69) is 27.7 Å². The molecule has 2 heterocycles. The number of furan rings is 1. The highest BCUT2D eigenvalue weighted by Gasteiger charge is 2.40. The second kappa shape index (κ2) is 9.45. The second-order valence-electron chi connectivity index (χ2n) is 8.85. The highest BCUT2D eigenvalue weighted by molar-refractivity contribution is 6.30. The maximum Gasteiger partial charge on any atom is 0.287 e.